The van der Waals surface area contributed by atoms with Crippen molar-refractivity contribution in [3.8, 4) is 0 Å². The number of carboxylic acids is 1. The van der Waals surface area contributed by atoms with Crippen LogP contribution < -0.4 is 5.32 Å². The Hall–Kier alpha value is -1.88. The number of carbonyl (C=O) groups is 2. The zero-order valence-electron chi connectivity index (χ0n) is 13.9. The van der Waals surface area contributed by atoms with E-state index >= 15 is 0 Å². The smallest absolute Gasteiger partial charge is 0.335 e. The summed E-state index contributed by atoms with van der Waals surface area (Å²) in [6, 6.07) is 7.29. The van der Waals surface area contributed by atoms with Crippen LogP contribution in [0.3, 0.4) is 0 Å². The van der Waals surface area contributed by atoms with Crippen molar-refractivity contribution in [1.29, 1.82) is 0 Å². The SMILES string of the molecule is CC(C)N1CCCC(C(=O)NCCc2ccc(C(=O)O)cc2)C1. The van der Waals surface area contributed by atoms with Crippen molar-refractivity contribution in [3.05, 3.63) is 35.4 Å². The van der Waals surface area contributed by atoms with E-state index in [9.17, 15) is 9.59 Å². The van der Waals surface area contributed by atoms with E-state index in [4.69, 9.17) is 5.11 Å². The second-order valence-electron chi connectivity index (χ2n) is 6.47. The summed E-state index contributed by atoms with van der Waals surface area (Å²) in [5.74, 6) is -0.699. The van der Waals surface area contributed by atoms with E-state index in [1.54, 1.807) is 24.3 Å². The fraction of sp³-hybridized carbons (Fsp3) is 0.556. The minimum Gasteiger partial charge on any atom is -0.478 e. The molecule has 1 aliphatic rings. The summed E-state index contributed by atoms with van der Waals surface area (Å²) in [6.07, 6.45) is 2.75. The summed E-state index contributed by atoms with van der Waals surface area (Å²) in [4.78, 5) is 25.4. The van der Waals surface area contributed by atoms with Crippen LogP contribution in [-0.2, 0) is 11.2 Å². The quantitative estimate of drug-likeness (QED) is 0.843. The molecule has 23 heavy (non-hydrogen) atoms. The zero-order chi connectivity index (χ0) is 16.8. The average Bonchev–Trinajstić information content (AvgIpc) is 2.55. The summed E-state index contributed by atoms with van der Waals surface area (Å²) in [7, 11) is 0. The number of hydrogen-bond acceptors (Lipinski definition) is 3. The molecule has 2 N–H and O–H groups in total. The molecule has 0 radical (unpaired) electrons. The molecule has 0 bridgehead atoms. The molecule has 1 aromatic carbocycles. The first-order chi connectivity index (χ1) is 11.0. The molecule has 1 atom stereocenters. The maximum Gasteiger partial charge on any atom is 0.335 e. The Balaban J connectivity index is 1.77. The van der Waals surface area contributed by atoms with Gasteiger partial charge in [0.05, 0.1) is 11.5 Å². The zero-order valence-corrected chi connectivity index (χ0v) is 13.9. The van der Waals surface area contributed by atoms with E-state index in [1.807, 2.05) is 0 Å². The van der Waals surface area contributed by atoms with Crippen LogP contribution in [0.15, 0.2) is 24.3 Å². The highest BCUT2D eigenvalue weighted by Gasteiger charge is 2.26. The van der Waals surface area contributed by atoms with Gasteiger partial charge in [-0.3, -0.25) is 4.79 Å². The molecule has 5 heteroatoms. The minimum atomic E-state index is -0.920. The van der Waals surface area contributed by atoms with Gasteiger partial charge in [-0.15, -0.1) is 0 Å². The molecule has 0 spiro atoms. The summed E-state index contributed by atoms with van der Waals surface area (Å²) in [5.41, 5.74) is 1.32. The Kier molecular flexibility index (Phi) is 6.16. The summed E-state index contributed by atoms with van der Waals surface area (Å²) in [6.45, 7) is 6.85. The third-order valence-electron chi connectivity index (χ3n) is 4.47. The number of rotatable bonds is 6. The maximum atomic E-state index is 12.3. The maximum absolute atomic E-state index is 12.3. The van der Waals surface area contributed by atoms with Crippen molar-refractivity contribution >= 4 is 11.9 Å². The normalized spacial score (nSPS) is 18.8. The molecule has 1 aliphatic heterocycles. The highest BCUT2D eigenvalue weighted by atomic mass is 16.4. The lowest BCUT2D eigenvalue weighted by Gasteiger charge is -2.34. The number of amides is 1. The third-order valence-corrected chi connectivity index (χ3v) is 4.47. The lowest BCUT2D eigenvalue weighted by molar-refractivity contribution is -0.126. The number of nitrogens with zero attached hydrogens (tertiary/aromatic N) is 1. The molecule has 0 saturated carbocycles. The van der Waals surface area contributed by atoms with Crippen molar-refractivity contribution in [1.82, 2.24) is 10.2 Å². The van der Waals surface area contributed by atoms with Crippen molar-refractivity contribution in [2.24, 2.45) is 5.92 Å². The van der Waals surface area contributed by atoms with Gasteiger partial charge in [-0.2, -0.15) is 0 Å². The predicted octanol–water partition coefficient (Wildman–Crippen LogP) is 2.16. The van der Waals surface area contributed by atoms with E-state index in [-0.39, 0.29) is 17.4 Å². The molecule has 1 saturated heterocycles. The number of benzene rings is 1. The van der Waals surface area contributed by atoms with Gasteiger partial charge in [0.15, 0.2) is 0 Å². The van der Waals surface area contributed by atoms with Gasteiger partial charge in [0.1, 0.15) is 0 Å². The van der Waals surface area contributed by atoms with Gasteiger partial charge in [-0.1, -0.05) is 12.1 Å². The molecule has 1 aromatic rings. The highest BCUT2D eigenvalue weighted by molar-refractivity contribution is 5.87. The standard InChI is InChI=1S/C18H26N2O3/c1-13(2)20-11-3-4-16(12-20)17(21)19-10-9-14-5-7-15(8-6-14)18(22)23/h5-8,13,16H,3-4,9-12H2,1-2H3,(H,19,21)(H,22,23). The summed E-state index contributed by atoms with van der Waals surface area (Å²) in [5, 5.41) is 11.9. The summed E-state index contributed by atoms with van der Waals surface area (Å²) < 4.78 is 0. The Morgan fingerprint density at radius 2 is 2.00 bits per heavy atom. The number of carboxylic acid groups (broad SMARTS) is 1. The largest absolute Gasteiger partial charge is 0.478 e. The molecular weight excluding hydrogens is 292 g/mol. The van der Waals surface area contributed by atoms with Crippen molar-refractivity contribution < 1.29 is 14.7 Å². The van der Waals surface area contributed by atoms with Gasteiger partial charge in [-0.25, -0.2) is 4.79 Å². The molecule has 126 valence electrons. The van der Waals surface area contributed by atoms with Crippen LogP contribution in [0, 0.1) is 5.92 Å². The van der Waals surface area contributed by atoms with Crippen LogP contribution in [0.1, 0.15) is 42.6 Å². The van der Waals surface area contributed by atoms with Crippen LogP contribution in [0.5, 0.6) is 0 Å². The molecule has 1 fully saturated rings. The molecule has 1 heterocycles. The number of nitrogens with one attached hydrogen (secondary N) is 1. The van der Waals surface area contributed by atoms with Crippen molar-refractivity contribution in [3.63, 3.8) is 0 Å². The first-order valence-electron chi connectivity index (χ1n) is 8.31. The Morgan fingerprint density at radius 1 is 1.30 bits per heavy atom. The van der Waals surface area contributed by atoms with Crippen LogP contribution in [0.4, 0.5) is 0 Å². The first-order valence-corrected chi connectivity index (χ1v) is 8.31. The second-order valence-corrected chi connectivity index (χ2v) is 6.47. The Bertz CT molecular complexity index is 540. The van der Waals surface area contributed by atoms with Crippen LogP contribution in [0.25, 0.3) is 0 Å². The van der Waals surface area contributed by atoms with E-state index in [1.165, 1.54) is 0 Å². The molecule has 1 amide bonds. The molecular formula is C18H26N2O3. The fourth-order valence-corrected chi connectivity index (χ4v) is 2.98. The highest BCUT2D eigenvalue weighted by Crippen LogP contribution is 2.18. The van der Waals surface area contributed by atoms with Crippen molar-refractivity contribution in [2.75, 3.05) is 19.6 Å². The number of piperidine rings is 1. The van der Waals surface area contributed by atoms with Gasteiger partial charge in [0.2, 0.25) is 5.91 Å². The number of aromatic carboxylic acids is 1. The molecule has 0 aliphatic carbocycles. The Morgan fingerprint density at radius 3 is 2.61 bits per heavy atom. The first kappa shape index (κ1) is 17.5. The number of hydrogen-bond donors (Lipinski definition) is 2. The van der Waals surface area contributed by atoms with E-state index in [0.29, 0.717) is 19.0 Å². The van der Waals surface area contributed by atoms with Crippen molar-refractivity contribution in [2.45, 2.75) is 39.2 Å². The van der Waals surface area contributed by atoms with E-state index in [2.05, 4.69) is 24.1 Å². The molecule has 0 aromatic heterocycles. The summed E-state index contributed by atoms with van der Waals surface area (Å²) >= 11 is 0. The lowest BCUT2D eigenvalue weighted by atomic mass is 9.96. The van der Waals surface area contributed by atoms with Gasteiger partial charge in [0, 0.05) is 19.1 Å². The Labute approximate surface area is 137 Å². The van der Waals surface area contributed by atoms with Crippen LogP contribution in [-0.4, -0.2) is 47.6 Å². The second kappa shape index (κ2) is 8.11. The van der Waals surface area contributed by atoms with Gasteiger partial charge in [0.25, 0.3) is 0 Å². The van der Waals surface area contributed by atoms with E-state index < -0.39 is 5.97 Å². The topological polar surface area (TPSA) is 69.6 Å². The van der Waals surface area contributed by atoms with Gasteiger partial charge >= 0.3 is 5.97 Å². The predicted molar refractivity (Wildman–Crippen MR) is 89.5 cm³/mol. The molecule has 5 nitrogen and oxygen atoms in total. The fourth-order valence-electron chi connectivity index (χ4n) is 2.98. The number of likely N-dealkylation sites (tertiary alicyclic amines) is 1. The van der Waals surface area contributed by atoms with E-state index in [0.717, 1.165) is 31.5 Å². The van der Waals surface area contributed by atoms with Gasteiger partial charge in [-0.05, 0) is 57.4 Å². The third kappa shape index (κ3) is 5.06. The van der Waals surface area contributed by atoms with Gasteiger partial charge < -0.3 is 15.3 Å². The minimum absolute atomic E-state index is 0.0838. The van der Waals surface area contributed by atoms with Crippen LogP contribution >= 0.6 is 0 Å². The number of carbonyl (C=O) groups excluding carboxylic acids is 1. The average molecular weight is 318 g/mol. The lowest BCUT2D eigenvalue weighted by Crippen LogP contribution is -2.45. The molecule has 2 rings (SSSR count). The van der Waals surface area contributed by atoms with Crippen LogP contribution in [0.2, 0.25) is 0 Å². The monoisotopic (exact) mass is 318 g/mol. The molecule has 1 unspecified atom stereocenters.